The highest BCUT2D eigenvalue weighted by molar-refractivity contribution is 5.76. The van der Waals surface area contributed by atoms with Gasteiger partial charge in [-0.3, -0.25) is 4.79 Å². The fourth-order valence-electron chi connectivity index (χ4n) is 0.678. The quantitative estimate of drug-likeness (QED) is 0.268. The second-order valence-electron chi connectivity index (χ2n) is 2.60. The molecule has 0 spiro atoms. The van der Waals surface area contributed by atoms with Crippen LogP contribution in [0.2, 0.25) is 0 Å². The van der Waals surface area contributed by atoms with Gasteiger partial charge in [0.2, 0.25) is 0 Å². The Morgan fingerprint density at radius 2 is 2.09 bits per heavy atom. The summed E-state index contributed by atoms with van der Waals surface area (Å²) < 4.78 is 5.03. The Balaban J connectivity index is 4.34. The van der Waals surface area contributed by atoms with Crippen molar-refractivity contribution in [2.75, 3.05) is 7.11 Å². The van der Waals surface area contributed by atoms with Crippen molar-refractivity contribution < 1.29 is 9.53 Å². The first kappa shape index (κ1) is 9.95. The van der Waals surface area contributed by atoms with Crippen LogP contribution >= 0.6 is 0 Å². The van der Waals surface area contributed by atoms with E-state index in [0.29, 0.717) is 11.9 Å². The van der Waals surface area contributed by atoms with Crippen LogP contribution in [0.1, 0.15) is 13.8 Å². The van der Waals surface area contributed by atoms with E-state index in [2.05, 4.69) is 6.58 Å². The predicted octanol–water partition coefficient (Wildman–Crippen LogP) is 1.93. The van der Waals surface area contributed by atoms with Gasteiger partial charge in [0.1, 0.15) is 6.29 Å². The zero-order valence-corrected chi connectivity index (χ0v) is 7.26. The summed E-state index contributed by atoms with van der Waals surface area (Å²) in [6.07, 6.45) is 2.36. The van der Waals surface area contributed by atoms with Gasteiger partial charge in [0.05, 0.1) is 12.9 Å². The van der Waals surface area contributed by atoms with E-state index in [9.17, 15) is 4.79 Å². The fraction of sp³-hybridized carbons (Fsp3) is 0.444. The summed E-state index contributed by atoms with van der Waals surface area (Å²) in [5.74, 6) is 1.07. The van der Waals surface area contributed by atoms with E-state index in [0.717, 1.165) is 5.76 Å². The van der Waals surface area contributed by atoms with Crippen LogP contribution in [0.5, 0.6) is 0 Å². The number of carbonyl (C=O) groups is 1. The van der Waals surface area contributed by atoms with Crippen molar-refractivity contribution in [2.24, 2.45) is 5.92 Å². The van der Waals surface area contributed by atoms with Crippen molar-refractivity contribution >= 4 is 6.29 Å². The van der Waals surface area contributed by atoms with Gasteiger partial charge in [-0.2, -0.15) is 0 Å². The van der Waals surface area contributed by atoms with Crippen molar-refractivity contribution in [2.45, 2.75) is 13.8 Å². The average molecular weight is 154 g/mol. The Hall–Kier alpha value is -1.05. The van der Waals surface area contributed by atoms with Gasteiger partial charge in [-0.15, -0.1) is 0 Å². The third-order valence-corrected chi connectivity index (χ3v) is 1.28. The summed E-state index contributed by atoms with van der Waals surface area (Å²) in [7, 11) is 1.59. The Morgan fingerprint density at radius 1 is 1.55 bits per heavy atom. The molecule has 2 heteroatoms. The first-order valence-corrected chi connectivity index (χ1v) is 3.51. The highest BCUT2D eigenvalue weighted by Crippen LogP contribution is 2.11. The number of allylic oxidation sites excluding steroid dienone is 3. The van der Waals surface area contributed by atoms with Crippen LogP contribution in [-0.4, -0.2) is 13.4 Å². The third kappa shape index (κ3) is 3.61. The summed E-state index contributed by atoms with van der Waals surface area (Å²) in [4.78, 5) is 10.2. The lowest BCUT2D eigenvalue weighted by Gasteiger charge is -2.08. The molecule has 0 radical (unpaired) electrons. The lowest BCUT2D eigenvalue weighted by atomic mass is 10.1. The van der Waals surface area contributed by atoms with Gasteiger partial charge in [-0.25, -0.2) is 0 Å². The maximum absolute atomic E-state index is 10.2. The van der Waals surface area contributed by atoms with Crippen molar-refractivity contribution in [3.8, 4) is 0 Å². The molecule has 0 aliphatic heterocycles. The lowest BCUT2D eigenvalue weighted by molar-refractivity contribution is -0.104. The summed E-state index contributed by atoms with van der Waals surface area (Å²) >= 11 is 0. The van der Waals surface area contributed by atoms with Gasteiger partial charge in [0, 0.05) is 11.5 Å². The Morgan fingerprint density at radius 3 is 2.36 bits per heavy atom. The van der Waals surface area contributed by atoms with E-state index in [1.165, 1.54) is 0 Å². The molecule has 11 heavy (non-hydrogen) atoms. The lowest BCUT2D eigenvalue weighted by Crippen LogP contribution is -1.97. The molecule has 0 saturated carbocycles. The summed E-state index contributed by atoms with van der Waals surface area (Å²) in [5.41, 5.74) is 0.440. The molecule has 0 aromatic heterocycles. The zero-order chi connectivity index (χ0) is 8.85. The molecule has 0 bridgehead atoms. The Bertz CT molecular complexity index is 178. The monoisotopic (exact) mass is 154 g/mol. The minimum absolute atomic E-state index is 0.289. The van der Waals surface area contributed by atoms with Gasteiger partial charge in [0.15, 0.2) is 0 Å². The largest absolute Gasteiger partial charge is 0.501 e. The standard InChI is InChI=1S/C9H14O2/c1-7(2)9(11-4)5-8(3)6-10/h5-7H,3H2,1-2,4H3/b9-5-. The molecule has 0 rings (SSSR count). The molecule has 2 nitrogen and oxygen atoms in total. The molecule has 0 aromatic carbocycles. The van der Waals surface area contributed by atoms with E-state index < -0.39 is 0 Å². The van der Waals surface area contributed by atoms with Crippen LogP contribution in [0.3, 0.4) is 0 Å². The predicted molar refractivity (Wildman–Crippen MR) is 45.1 cm³/mol. The molecular formula is C9H14O2. The van der Waals surface area contributed by atoms with Crippen LogP contribution in [0.15, 0.2) is 24.0 Å². The van der Waals surface area contributed by atoms with Gasteiger partial charge in [-0.05, 0) is 6.08 Å². The molecule has 0 aliphatic rings. The van der Waals surface area contributed by atoms with Crippen molar-refractivity contribution in [1.29, 1.82) is 0 Å². The van der Waals surface area contributed by atoms with Crippen LogP contribution in [0, 0.1) is 5.92 Å². The fourth-order valence-corrected chi connectivity index (χ4v) is 0.678. The number of ether oxygens (including phenoxy) is 1. The Labute approximate surface area is 67.6 Å². The van der Waals surface area contributed by atoms with Crippen molar-refractivity contribution in [3.63, 3.8) is 0 Å². The second kappa shape index (κ2) is 4.72. The van der Waals surface area contributed by atoms with Gasteiger partial charge in [0.25, 0.3) is 0 Å². The molecule has 0 aliphatic carbocycles. The van der Waals surface area contributed by atoms with E-state index in [1.807, 2.05) is 13.8 Å². The van der Waals surface area contributed by atoms with Crippen LogP contribution in [0.25, 0.3) is 0 Å². The number of hydrogen-bond acceptors (Lipinski definition) is 2. The number of hydrogen-bond donors (Lipinski definition) is 0. The summed E-state index contributed by atoms with van der Waals surface area (Å²) in [5, 5.41) is 0. The van der Waals surface area contributed by atoms with Crippen LogP contribution in [0.4, 0.5) is 0 Å². The topological polar surface area (TPSA) is 26.3 Å². The molecule has 0 aromatic rings. The van der Waals surface area contributed by atoms with Gasteiger partial charge >= 0.3 is 0 Å². The molecule has 0 amide bonds. The minimum atomic E-state index is 0.289. The first-order valence-electron chi connectivity index (χ1n) is 3.51. The first-order chi connectivity index (χ1) is 5.11. The molecule has 62 valence electrons. The number of aldehydes is 1. The highest BCUT2D eigenvalue weighted by atomic mass is 16.5. The number of methoxy groups -OCH3 is 1. The molecule has 0 saturated heterocycles. The van der Waals surface area contributed by atoms with E-state index in [-0.39, 0.29) is 5.92 Å². The zero-order valence-electron chi connectivity index (χ0n) is 7.26. The number of carbonyl (C=O) groups excluding carboxylic acids is 1. The molecule has 0 N–H and O–H groups in total. The summed E-state index contributed by atoms with van der Waals surface area (Å²) in [6, 6.07) is 0. The highest BCUT2D eigenvalue weighted by Gasteiger charge is 2.01. The van der Waals surface area contributed by atoms with E-state index >= 15 is 0 Å². The normalized spacial score (nSPS) is 11.5. The second-order valence-corrected chi connectivity index (χ2v) is 2.60. The summed E-state index contributed by atoms with van der Waals surface area (Å²) in [6.45, 7) is 7.51. The van der Waals surface area contributed by atoms with E-state index in [4.69, 9.17) is 4.74 Å². The third-order valence-electron chi connectivity index (χ3n) is 1.28. The van der Waals surface area contributed by atoms with Gasteiger partial charge < -0.3 is 4.74 Å². The molecule has 0 unspecified atom stereocenters. The smallest absolute Gasteiger partial charge is 0.149 e. The van der Waals surface area contributed by atoms with Crippen LogP contribution in [-0.2, 0) is 9.53 Å². The molecule has 0 fully saturated rings. The Kier molecular flexibility index (Phi) is 4.27. The molecule has 0 atom stereocenters. The van der Waals surface area contributed by atoms with E-state index in [1.54, 1.807) is 13.2 Å². The molecule has 0 heterocycles. The van der Waals surface area contributed by atoms with Gasteiger partial charge in [-0.1, -0.05) is 20.4 Å². The van der Waals surface area contributed by atoms with Crippen molar-refractivity contribution in [1.82, 2.24) is 0 Å². The average Bonchev–Trinajstić information content (AvgIpc) is 1.99. The minimum Gasteiger partial charge on any atom is -0.501 e. The number of rotatable bonds is 4. The maximum atomic E-state index is 10.2. The maximum Gasteiger partial charge on any atom is 0.149 e. The SMILES string of the molecule is C=C(C=O)/C=C(\OC)C(C)C. The van der Waals surface area contributed by atoms with Crippen LogP contribution < -0.4 is 0 Å². The molecular weight excluding hydrogens is 140 g/mol. The van der Waals surface area contributed by atoms with Crippen molar-refractivity contribution in [3.05, 3.63) is 24.0 Å².